The molecule has 0 saturated carbocycles. The first kappa shape index (κ1) is 11.4. The molecule has 0 radical (unpaired) electrons. The van der Waals surface area contributed by atoms with E-state index in [0.717, 1.165) is 0 Å². The summed E-state index contributed by atoms with van der Waals surface area (Å²) in [5, 5.41) is 17.3. The van der Waals surface area contributed by atoms with Gasteiger partial charge in [0.05, 0.1) is 5.41 Å². The average Bonchev–Trinajstić information content (AvgIpc) is 2.04. The molecule has 0 aromatic rings. The van der Waals surface area contributed by atoms with Gasteiger partial charge in [0, 0.05) is 13.2 Å². The lowest BCUT2D eigenvalue weighted by atomic mass is 9.85. The quantitative estimate of drug-likeness (QED) is 0.503. The lowest BCUT2D eigenvalue weighted by Gasteiger charge is -2.22. The third-order valence-corrected chi connectivity index (χ3v) is 2.10. The Hall–Kier alpha value is -0.610. The first-order valence-corrected chi connectivity index (χ1v) is 4.11. The second kappa shape index (κ2) is 5.11. The Labute approximate surface area is 72.4 Å². The van der Waals surface area contributed by atoms with Crippen molar-refractivity contribution < 1.29 is 15.0 Å². The number of carbonyl (C=O) groups is 1. The number of aliphatic carboxylic acids is 1. The molecule has 72 valence electrons. The van der Waals surface area contributed by atoms with Crippen molar-refractivity contribution in [1.82, 2.24) is 0 Å². The van der Waals surface area contributed by atoms with Crippen molar-refractivity contribution in [3.63, 3.8) is 0 Å². The molecule has 0 aliphatic rings. The van der Waals surface area contributed by atoms with Crippen LogP contribution in [-0.2, 0) is 4.79 Å². The van der Waals surface area contributed by atoms with E-state index in [1.165, 1.54) is 0 Å². The van der Waals surface area contributed by atoms with Gasteiger partial charge >= 0.3 is 5.97 Å². The van der Waals surface area contributed by atoms with Crippen LogP contribution in [0.15, 0.2) is 0 Å². The Balaban J connectivity index is 3.88. The van der Waals surface area contributed by atoms with Crippen molar-refractivity contribution in [2.75, 3.05) is 13.2 Å². The van der Waals surface area contributed by atoms with E-state index in [9.17, 15) is 4.79 Å². The summed E-state index contributed by atoms with van der Waals surface area (Å²) in [4.78, 5) is 10.7. The molecule has 0 heterocycles. The van der Waals surface area contributed by atoms with Crippen LogP contribution in [0.3, 0.4) is 0 Å². The molecule has 0 aromatic heterocycles. The molecule has 4 nitrogen and oxygen atoms in total. The van der Waals surface area contributed by atoms with Crippen LogP contribution in [0.4, 0.5) is 0 Å². The van der Waals surface area contributed by atoms with E-state index in [2.05, 4.69) is 0 Å². The van der Waals surface area contributed by atoms with Crippen LogP contribution in [0.25, 0.3) is 0 Å². The number of aliphatic hydroxyl groups is 1. The lowest BCUT2D eigenvalue weighted by molar-refractivity contribution is -0.147. The Morgan fingerprint density at radius 3 is 2.42 bits per heavy atom. The third kappa shape index (κ3) is 3.19. The average molecular weight is 175 g/mol. The zero-order valence-corrected chi connectivity index (χ0v) is 7.42. The van der Waals surface area contributed by atoms with Crippen molar-refractivity contribution in [3.05, 3.63) is 0 Å². The molecule has 12 heavy (non-hydrogen) atoms. The Morgan fingerprint density at radius 2 is 2.08 bits per heavy atom. The highest BCUT2D eigenvalue weighted by Crippen LogP contribution is 2.22. The van der Waals surface area contributed by atoms with Crippen molar-refractivity contribution in [1.29, 1.82) is 0 Å². The number of hydrogen-bond donors (Lipinski definition) is 3. The van der Waals surface area contributed by atoms with E-state index >= 15 is 0 Å². The van der Waals surface area contributed by atoms with E-state index in [1.807, 2.05) is 0 Å². The molecule has 0 saturated heterocycles. The Bertz CT molecular complexity index is 149. The monoisotopic (exact) mass is 175 g/mol. The van der Waals surface area contributed by atoms with E-state index < -0.39 is 11.4 Å². The van der Waals surface area contributed by atoms with Crippen LogP contribution in [0.1, 0.15) is 26.2 Å². The van der Waals surface area contributed by atoms with Crippen molar-refractivity contribution >= 4 is 5.97 Å². The van der Waals surface area contributed by atoms with Gasteiger partial charge in [-0.25, -0.2) is 0 Å². The predicted octanol–water partition coefficient (Wildman–Crippen LogP) is 0.199. The summed E-state index contributed by atoms with van der Waals surface area (Å²) in [6.07, 6.45) is 1.87. The van der Waals surface area contributed by atoms with Crippen LogP contribution in [-0.4, -0.2) is 29.3 Å². The molecule has 4 N–H and O–H groups in total. The fourth-order valence-corrected chi connectivity index (χ4v) is 0.923. The maximum absolute atomic E-state index is 10.7. The summed E-state index contributed by atoms with van der Waals surface area (Å²) in [5.74, 6) is -0.858. The van der Waals surface area contributed by atoms with Crippen molar-refractivity contribution in [2.24, 2.45) is 11.1 Å². The van der Waals surface area contributed by atoms with E-state index in [-0.39, 0.29) is 13.2 Å². The molecule has 0 fully saturated rings. The highest BCUT2D eigenvalue weighted by atomic mass is 16.4. The molecule has 1 unspecified atom stereocenters. The molecule has 4 heteroatoms. The zero-order chi connectivity index (χ0) is 9.61. The number of rotatable bonds is 6. The normalized spacial score (nSPS) is 15.6. The highest BCUT2D eigenvalue weighted by Gasteiger charge is 2.30. The van der Waals surface area contributed by atoms with E-state index in [0.29, 0.717) is 19.3 Å². The fraction of sp³-hybridized carbons (Fsp3) is 0.875. The summed E-state index contributed by atoms with van der Waals surface area (Å²) in [6.45, 7) is 1.89. The summed E-state index contributed by atoms with van der Waals surface area (Å²) < 4.78 is 0. The van der Waals surface area contributed by atoms with E-state index in [4.69, 9.17) is 15.9 Å². The Morgan fingerprint density at radius 1 is 1.50 bits per heavy atom. The molecule has 1 atom stereocenters. The number of nitrogens with two attached hydrogens (primary N) is 1. The highest BCUT2D eigenvalue weighted by molar-refractivity contribution is 5.74. The molecule has 0 aliphatic heterocycles. The summed E-state index contributed by atoms with van der Waals surface area (Å²) in [6, 6.07) is 0. The van der Waals surface area contributed by atoms with Gasteiger partial charge in [-0.05, 0) is 26.2 Å². The van der Waals surface area contributed by atoms with Gasteiger partial charge in [0.25, 0.3) is 0 Å². The molecule has 0 aromatic carbocycles. The van der Waals surface area contributed by atoms with Crippen LogP contribution in [0.2, 0.25) is 0 Å². The number of aliphatic hydroxyl groups excluding tert-OH is 1. The molecule has 0 spiro atoms. The number of unbranched alkanes of at least 4 members (excludes halogenated alkanes) is 1. The second-order valence-corrected chi connectivity index (χ2v) is 3.25. The van der Waals surface area contributed by atoms with Gasteiger partial charge in [-0.1, -0.05) is 0 Å². The van der Waals surface area contributed by atoms with Crippen molar-refractivity contribution in [3.8, 4) is 0 Å². The predicted molar refractivity (Wildman–Crippen MR) is 45.7 cm³/mol. The largest absolute Gasteiger partial charge is 0.481 e. The SMILES string of the molecule is CC(CN)(CCCCO)C(=O)O. The van der Waals surface area contributed by atoms with Gasteiger partial charge < -0.3 is 15.9 Å². The van der Waals surface area contributed by atoms with Gasteiger partial charge in [0.1, 0.15) is 0 Å². The van der Waals surface area contributed by atoms with Crippen LogP contribution in [0, 0.1) is 5.41 Å². The minimum Gasteiger partial charge on any atom is -0.481 e. The molecular formula is C8H17NO3. The van der Waals surface area contributed by atoms with E-state index in [1.54, 1.807) is 6.92 Å². The first-order valence-electron chi connectivity index (χ1n) is 4.11. The second-order valence-electron chi connectivity index (χ2n) is 3.25. The van der Waals surface area contributed by atoms with Gasteiger partial charge in [-0.2, -0.15) is 0 Å². The maximum Gasteiger partial charge on any atom is 0.310 e. The molecule has 0 amide bonds. The standard InChI is InChI=1S/C8H17NO3/c1-8(6-9,7(11)12)4-2-3-5-10/h10H,2-6,9H2,1H3,(H,11,12). The molecule has 0 aliphatic carbocycles. The lowest BCUT2D eigenvalue weighted by Crippen LogP contribution is -2.35. The summed E-state index contributed by atoms with van der Waals surface area (Å²) in [5.41, 5.74) is 4.52. The summed E-state index contributed by atoms with van der Waals surface area (Å²) in [7, 11) is 0. The zero-order valence-electron chi connectivity index (χ0n) is 7.42. The van der Waals surface area contributed by atoms with Crippen molar-refractivity contribution in [2.45, 2.75) is 26.2 Å². The third-order valence-electron chi connectivity index (χ3n) is 2.10. The first-order chi connectivity index (χ1) is 5.56. The van der Waals surface area contributed by atoms with Gasteiger partial charge in [0.2, 0.25) is 0 Å². The minimum absolute atomic E-state index is 0.111. The topological polar surface area (TPSA) is 83.5 Å². The maximum atomic E-state index is 10.7. The van der Waals surface area contributed by atoms with Crippen LogP contribution < -0.4 is 5.73 Å². The minimum atomic E-state index is -0.858. The fourth-order valence-electron chi connectivity index (χ4n) is 0.923. The smallest absolute Gasteiger partial charge is 0.310 e. The van der Waals surface area contributed by atoms with Gasteiger partial charge in [-0.15, -0.1) is 0 Å². The van der Waals surface area contributed by atoms with Gasteiger partial charge in [-0.3, -0.25) is 4.79 Å². The summed E-state index contributed by atoms with van der Waals surface area (Å²) >= 11 is 0. The van der Waals surface area contributed by atoms with Crippen LogP contribution in [0.5, 0.6) is 0 Å². The number of carboxylic acid groups (broad SMARTS) is 1. The molecular weight excluding hydrogens is 158 g/mol. The number of carboxylic acids is 1. The Kier molecular flexibility index (Phi) is 4.85. The van der Waals surface area contributed by atoms with Crippen LogP contribution >= 0.6 is 0 Å². The number of hydrogen-bond acceptors (Lipinski definition) is 3. The molecule has 0 bridgehead atoms. The molecule has 0 rings (SSSR count). The van der Waals surface area contributed by atoms with Gasteiger partial charge in [0.15, 0.2) is 0 Å².